The number of rotatable bonds is 9. The van der Waals surface area contributed by atoms with Crippen molar-refractivity contribution in [3.05, 3.63) is 70.7 Å². The van der Waals surface area contributed by atoms with Gasteiger partial charge in [-0.1, -0.05) is 11.8 Å². The van der Waals surface area contributed by atoms with Crippen molar-refractivity contribution >= 4 is 16.9 Å². The molecule has 2 aliphatic heterocycles. The van der Waals surface area contributed by atoms with Gasteiger partial charge in [0.1, 0.15) is 17.7 Å². The molecule has 44 heavy (non-hydrogen) atoms. The van der Waals surface area contributed by atoms with Crippen LogP contribution in [0.25, 0.3) is 10.9 Å². The predicted octanol–water partition coefficient (Wildman–Crippen LogP) is 5.50. The van der Waals surface area contributed by atoms with Crippen molar-refractivity contribution in [1.29, 1.82) is 0 Å². The van der Waals surface area contributed by atoms with Gasteiger partial charge in [-0.3, -0.25) is 19.6 Å². The number of carboxylic acid groups (broad SMARTS) is 1. The summed E-state index contributed by atoms with van der Waals surface area (Å²) in [5, 5.41) is 10.9. The van der Waals surface area contributed by atoms with Gasteiger partial charge in [-0.2, -0.15) is 0 Å². The first-order chi connectivity index (χ1) is 21.2. The summed E-state index contributed by atoms with van der Waals surface area (Å²) in [6.07, 6.45) is 1.01. The maximum Gasteiger partial charge on any atom is 0.309 e. The van der Waals surface area contributed by atoms with E-state index in [1.165, 1.54) is 0 Å². The molecule has 1 atom stereocenters. The van der Waals surface area contributed by atoms with E-state index < -0.39 is 35.0 Å². The maximum absolute atomic E-state index is 16.4. The van der Waals surface area contributed by atoms with Crippen LogP contribution in [0.2, 0.25) is 0 Å². The van der Waals surface area contributed by atoms with Crippen LogP contribution in [0.4, 0.5) is 17.6 Å². The third-order valence-electron chi connectivity index (χ3n) is 8.67. The molecule has 2 saturated heterocycles. The Hall–Kier alpha value is -3.72. The maximum atomic E-state index is 16.4. The van der Waals surface area contributed by atoms with E-state index in [4.69, 9.17) is 9.47 Å². The summed E-state index contributed by atoms with van der Waals surface area (Å²) in [5.74, 6) is 1.36. The first kappa shape index (κ1) is 31.7. The van der Waals surface area contributed by atoms with E-state index in [2.05, 4.69) is 21.7 Å². The monoisotopic (exact) mass is 613 g/mol. The number of morpholine rings is 1. The zero-order valence-electron chi connectivity index (χ0n) is 24.6. The number of carboxylic acids is 1. The number of aliphatic carboxylic acids is 1. The first-order valence-electron chi connectivity index (χ1n) is 14.7. The molecule has 0 unspecified atom stereocenters. The molecule has 0 amide bonds. The number of hydrogen-bond acceptors (Lipinski definition) is 6. The van der Waals surface area contributed by atoms with Crippen molar-refractivity contribution in [3.63, 3.8) is 0 Å². The lowest BCUT2D eigenvalue weighted by molar-refractivity contribution is -0.152. The van der Waals surface area contributed by atoms with E-state index in [9.17, 15) is 23.1 Å². The molecule has 3 heterocycles. The predicted molar refractivity (Wildman–Crippen MR) is 156 cm³/mol. The van der Waals surface area contributed by atoms with Gasteiger partial charge in [-0.05, 0) is 55.5 Å². The fraction of sp³-hybridized carbons (Fsp3) is 0.455. The number of hydrogen-bond donors (Lipinski definition) is 1. The first-order valence-corrected chi connectivity index (χ1v) is 14.7. The SMILES string of the molecule is COc1ccc2ncc(CN3CCOCC3)c([C@@H](F)CCC3(C(=O)O)CCN(CC#Cc4cc(F)cc(F)c4F)CC3)c2c1. The molecule has 0 spiro atoms. The molecule has 2 fully saturated rings. The molecule has 1 N–H and O–H groups in total. The zero-order chi connectivity index (χ0) is 31.3. The summed E-state index contributed by atoms with van der Waals surface area (Å²) in [7, 11) is 1.55. The van der Waals surface area contributed by atoms with Gasteiger partial charge >= 0.3 is 5.97 Å². The molecule has 234 valence electrons. The minimum atomic E-state index is -1.43. The second-order valence-electron chi connectivity index (χ2n) is 11.4. The Kier molecular flexibility index (Phi) is 10.0. The van der Waals surface area contributed by atoms with Crippen LogP contribution in [-0.2, 0) is 16.1 Å². The van der Waals surface area contributed by atoms with E-state index in [1.807, 2.05) is 4.90 Å². The van der Waals surface area contributed by atoms with Gasteiger partial charge in [0.25, 0.3) is 0 Å². The lowest BCUT2D eigenvalue weighted by Crippen LogP contribution is -2.44. The van der Waals surface area contributed by atoms with Crippen LogP contribution in [0, 0.1) is 34.7 Å². The van der Waals surface area contributed by atoms with Gasteiger partial charge in [0.15, 0.2) is 11.6 Å². The van der Waals surface area contributed by atoms with Crippen molar-refractivity contribution in [1.82, 2.24) is 14.8 Å². The number of likely N-dealkylation sites (tertiary alicyclic amines) is 1. The summed E-state index contributed by atoms with van der Waals surface area (Å²) < 4.78 is 68.1. The number of halogens is 4. The number of methoxy groups -OCH3 is 1. The van der Waals surface area contributed by atoms with Crippen molar-refractivity contribution in [2.24, 2.45) is 5.41 Å². The molecule has 2 aliphatic rings. The Bertz CT molecular complexity index is 1560. The molecular formula is C33H35F4N3O4. The highest BCUT2D eigenvalue weighted by atomic mass is 19.2. The fourth-order valence-electron chi connectivity index (χ4n) is 6.01. The minimum Gasteiger partial charge on any atom is -0.497 e. The Morgan fingerprint density at radius 3 is 2.57 bits per heavy atom. The van der Waals surface area contributed by atoms with Gasteiger partial charge in [-0.25, -0.2) is 17.6 Å². The largest absolute Gasteiger partial charge is 0.497 e. The minimum absolute atomic E-state index is 0.0168. The van der Waals surface area contributed by atoms with Crippen LogP contribution in [0.3, 0.4) is 0 Å². The van der Waals surface area contributed by atoms with E-state index in [0.29, 0.717) is 61.1 Å². The van der Waals surface area contributed by atoms with Crippen molar-refractivity contribution in [2.75, 3.05) is 53.0 Å². The number of carbonyl (C=O) groups is 1. The molecular weight excluding hydrogens is 578 g/mol. The Morgan fingerprint density at radius 1 is 1.11 bits per heavy atom. The number of alkyl halides is 1. The average Bonchev–Trinajstić information content (AvgIpc) is 3.02. The number of benzene rings is 2. The Morgan fingerprint density at radius 2 is 1.86 bits per heavy atom. The third kappa shape index (κ3) is 7.15. The highest BCUT2D eigenvalue weighted by molar-refractivity contribution is 5.85. The van der Waals surface area contributed by atoms with Crippen LogP contribution >= 0.6 is 0 Å². The van der Waals surface area contributed by atoms with E-state index in [-0.39, 0.29) is 37.8 Å². The van der Waals surface area contributed by atoms with Crippen LogP contribution in [0.1, 0.15) is 48.5 Å². The summed E-state index contributed by atoms with van der Waals surface area (Å²) in [4.78, 5) is 21.2. The molecule has 11 heteroatoms. The number of piperidine rings is 1. The van der Waals surface area contributed by atoms with Gasteiger partial charge in [0, 0.05) is 55.9 Å². The lowest BCUT2D eigenvalue weighted by Gasteiger charge is -2.38. The third-order valence-corrected chi connectivity index (χ3v) is 8.67. The van der Waals surface area contributed by atoms with Crippen molar-refractivity contribution in [3.8, 4) is 17.6 Å². The molecule has 0 radical (unpaired) electrons. The second kappa shape index (κ2) is 13.9. The zero-order valence-corrected chi connectivity index (χ0v) is 24.6. The summed E-state index contributed by atoms with van der Waals surface area (Å²) >= 11 is 0. The smallest absolute Gasteiger partial charge is 0.309 e. The lowest BCUT2D eigenvalue weighted by atomic mass is 9.74. The molecule has 2 aromatic carbocycles. The summed E-state index contributed by atoms with van der Waals surface area (Å²) in [5.41, 5.74) is 0.416. The second-order valence-corrected chi connectivity index (χ2v) is 11.4. The molecule has 0 aliphatic carbocycles. The molecule has 0 saturated carbocycles. The van der Waals surface area contributed by atoms with Gasteiger partial charge < -0.3 is 14.6 Å². The summed E-state index contributed by atoms with van der Waals surface area (Å²) in [6.45, 7) is 4.11. The number of ether oxygens (including phenoxy) is 2. The highest BCUT2D eigenvalue weighted by Crippen LogP contribution is 2.41. The van der Waals surface area contributed by atoms with Crippen LogP contribution < -0.4 is 4.74 Å². The quantitative estimate of drug-likeness (QED) is 0.194. The van der Waals surface area contributed by atoms with E-state index in [0.717, 1.165) is 24.7 Å². The van der Waals surface area contributed by atoms with Crippen LogP contribution in [0.5, 0.6) is 5.75 Å². The Labute approximate surface area is 253 Å². The number of fused-ring (bicyclic) bond motifs is 1. The molecule has 5 rings (SSSR count). The normalized spacial score (nSPS) is 18.0. The van der Waals surface area contributed by atoms with E-state index in [1.54, 1.807) is 31.5 Å². The highest BCUT2D eigenvalue weighted by Gasteiger charge is 2.42. The van der Waals surface area contributed by atoms with Gasteiger partial charge in [0.05, 0.1) is 43.4 Å². The Balaban J connectivity index is 1.29. The van der Waals surface area contributed by atoms with Crippen LogP contribution in [-0.4, -0.2) is 78.9 Å². The number of nitrogens with zero attached hydrogens (tertiary/aromatic N) is 3. The topological polar surface area (TPSA) is 75.1 Å². The van der Waals surface area contributed by atoms with Crippen molar-refractivity contribution in [2.45, 2.75) is 38.4 Å². The molecule has 0 bridgehead atoms. The molecule has 1 aromatic heterocycles. The molecule has 3 aromatic rings. The van der Waals surface area contributed by atoms with Gasteiger partial charge in [0.2, 0.25) is 0 Å². The number of pyridine rings is 1. The van der Waals surface area contributed by atoms with Crippen LogP contribution in [0.15, 0.2) is 36.5 Å². The van der Waals surface area contributed by atoms with E-state index >= 15 is 4.39 Å². The van der Waals surface area contributed by atoms with Gasteiger partial charge in [-0.15, -0.1) is 0 Å². The fourth-order valence-corrected chi connectivity index (χ4v) is 6.01. The number of aromatic nitrogens is 1. The summed E-state index contributed by atoms with van der Waals surface area (Å²) in [6, 6.07) is 6.64. The average molecular weight is 614 g/mol. The molecule has 7 nitrogen and oxygen atoms in total. The standard InChI is InChI=1S/C33H35F4N3O4/c1-43-25-4-5-29-26(19-25)30(23(20-38-29)21-40-13-15-44-16-14-40)27(35)6-7-33(32(41)42)8-11-39(12-9-33)10-2-3-22-17-24(34)18-28(36)31(22)37/h4-5,17-20,27H,6-16,21H2,1H3,(H,41,42)/t27-/m0/s1. The van der Waals surface area contributed by atoms with Crippen molar-refractivity contribution < 1.29 is 36.9 Å².